The number of ether oxygens (including phenoxy) is 1. The molecule has 0 spiro atoms. The molecule has 0 unspecified atom stereocenters. The molecule has 1 heterocycles. The van der Waals surface area contributed by atoms with Gasteiger partial charge < -0.3 is 15.6 Å². The zero-order chi connectivity index (χ0) is 13.7. The highest BCUT2D eigenvalue weighted by atomic mass is 32.1. The van der Waals surface area contributed by atoms with Gasteiger partial charge in [-0.25, -0.2) is 4.98 Å². The quantitative estimate of drug-likeness (QED) is 0.817. The molecule has 0 radical (unpaired) electrons. The minimum atomic E-state index is 0.0651. The molecule has 0 aliphatic heterocycles. The molecule has 2 aromatic rings. The highest BCUT2D eigenvalue weighted by Gasteiger charge is 2.10. The van der Waals surface area contributed by atoms with E-state index in [0.717, 1.165) is 5.56 Å². The van der Waals surface area contributed by atoms with Crippen molar-refractivity contribution in [3.05, 3.63) is 53.9 Å². The first kappa shape index (κ1) is 13.5. The van der Waals surface area contributed by atoms with Gasteiger partial charge in [0.05, 0.1) is 0 Å². The van der Waals surface area contributed by atoms with Crippen LogP contribution >= 0.6 is 12.2 Å². The second kappa shape index (κ2) is 6.26. The Morgan fingerprint density at radius 2 is 1.95 bits per heavy atom. The van der Waals surface area contributed by atoms with Crippen LogP contribution < -0.4 is 10.5 Å². The number of nitrogens with two attached hydrogens (primary N) is 1. The van der Waals surface area contributed by atoms with Crippen molar-refractivity contribution in [2.45, 2.75) is 6.42 Å². The average Bonchev–Trinajstić information content (AvgIpc) is 2.42. The topological polar surface area (TPSA) is 68.4 Å². The molecule has 2 rings (SSSR count). The van der Waals surface area contributed by atoms with Gasteiger partial charge in [0.15, 0.2) is 5.75 Å². The summed E-state index contributed by atoms with van der Waals surface area (Å²) in [6, 6.07) is 11.0. The van der Waals surface area contributed by atoms with E-state index in [1.54, 1.807) is 18.3 Å². The first-order chi connectivity index (χ1) is 9.22. The van der Waals surface area contributed by atoms with E-state index >= 15 is 0 Å². The zero-order valence-electron chi connectivity index (χ0n) is 10.2. The number of benzene rings is 1. The van der Waals surface area contributed by atoms with Gasteiger partial charge in [-0.1, -0.05) is 30.4 Å². The van der Waals surface area contributed by atoms with Crippen molar-refractivity contribution in [2.24, 2.45) is 5.73 Å². The van der Waals surface area contributed by atoms with Crippen LogP contribution in [0.25, 0.3) is 0 Å². The summed E-state index contributed by atoms with van der Waals surface area (Å²) >= 11 is 4.95. The predicted octanol–water partition coefficient (Wildman–Crippen LogP) is 2.04. The SMILES string of the molecule is NC(=S)c1ncccc1Oc1ccccc1CCO. The predicted molar refractivity (Wildman–Crippen MR) is 77.4 cm³/mol. The molecule has 0 fully saturated rings. The average molecular weight is 274 g/mol. The minimum Gasteiger partial charge on any atom is -0.455 e. The maximum atomic E-state index is 9.04. The molecular formula is C14H14N2O2S. The standard InChI is InChI=1S/C14H14N2O2S/c15-14(19)13-12(6-3-8-16-13)18-11-5-2-1-4-10(11)7-9-17/h1-6,8,17H,7,9H2,(H2,15,19). The van der Waals surface area contributed by atoms with E-state index in [9.17, 15) is 0 Å². The van der Waals surface area contributed by atoms with E-state index in [2.05, 4.69) is 4.98 Å². The van der Waals surface area contributed by atoms with Crippen LogP contribution in [0.3, 0.4) is 0 Å². The third-order valence-electron chi connectivity index (χ3n) is 2.58. The van der Waals surface area contributed by atoms with Gasteiger partial charge in [0.2, 0.25) is 0 Å². The molecule has 1 aromatic heterocycles. The maximum absolute atomic E-state index is 9.04. The number of pyridine rings is 1. The minimum absolute atomic E-state index is 0.0651. The Morgan fingerprint density at radius 3 is 2.68 bits per heavy atom. The fourth-order valence-electron chi connectivity index (χ4n) is 1.71. The van der Waals surface area contributed by atoms with Gasteiger partial charge in [-0.3, -0.25) is 0 Å². The fourth-order valence-corrected chi connectivity index (χ4v) is 1.86. The molecule has 0 saturated carbocycles. The van der Waals surface area contributed by atoms with E-state index < -0.39 is 0 Å². The Bertz CT molecular complexity index is 587. The molecular weight excluding hydrogens is 260 g/mol. The molecule has 1 aromatic carbocycles. The summed E-state index contributed by atoms with van der Waals surface area (Å²) in [5.74, 6) is 1.18. The lowest BCUT2D eigenvalue weighted by Crippen LogP contribution is -2.12. The molecule has 0 amide bonds. The van der Waals surface area contributed by atoms with Crippen LogP contribution in [0.4, 0.5) is 0 Å². The van der Waals surface area contributed by atoms with Crippen molar-refractivity contribution in [3.8, 4) is 11.5 Å². The van der Waals surface area contributed by atoms with E-state index in [1.165, 1.54) is 0 Å². The van der Waals surface area contributed by atoms with E-state index in [1.807, 2.05) is 24.3 Å². The summed E-state index contributed by atoms with van der Waals surface area (Å²) in [5.41, 5.74) is 6.99. The second-order valence-electron chi connectivity index (χ2n) is 3.90. The van der Waals surface area contributed by atoms with E-state index in [0.29, 0.717) is 23.6 Å². The molecule has 0 saturated heterocycles. The highest BCUT2D eigenvalue weighted by Crippen LogP contribution is 2.27. The smallest absolute Gasteiger partial charge is 0.156 e. The summed E-state index contributed by atoms with van der Waals surface area (Å²) in [7, 11) is 0. The monoisotopic (exact) mass is 274 g/mol. The van der Waals surface area contributed by atoms with Crippen molar-refractivity contribution in [1.82, 2.24) is 4.98 Å². The number of hydrogen-bond acceptors (Lipinski definition) is 4. The Labute approximate surface area is 116 Å². The van der Waals surface area contributed by atoms with Crippen LogP contribution in [0, 0.1) is 0 Å². The molecule has 98 valence electrons. The summed E-state index contributed by atoms with van der Waals surface area (Å²) in [6.45, 7) is 0.0651. The summed E-state index contributed by atoms with van der Waals surface area (Å²) in [5, 5.41) is 9.04. The Kier molecular flexibility index (Phi) is 4.43. The van der Waals surface area contributed by atoms with Crippen LogP contribution in [0.15, 0.2) is 42.6 Å². The van der Waals surface area contributed by atoms with Gasteiger partial charge >= 0.3 is 0 Å². The molecule has 0 aliphatic rings. The third-order valence-corrected chi connectivity index (χ3v) is 2.77. The number of nitrogens with zero attached hydrogens (tertiary/aromatic N) is 1. The first-order valence-electron chi connectivity index (χ1n) is 5.84. The number of para-hydroxylation sites is 1. The lowest BCUT2D eigenvalue weighted by atomic mass is 10.1. The number of thiocarbonyl (C=S) groups is 1. The van der Waals surface area contributed by atoms with E-state index in [-0.39, 0.29) is 11.6 Å². The lowest BCUT2D eigenvalue weighted by molar-refractivity contribution is 0.298. The second-order valence-corrected chi connectivity index (χ2v) is 4.34. The van der Waals surface area contributed by atoms with Crippen LogP contribution in [-0.4, -0.2) is 21.7 Å². The highest BCUT2D eigenvalue weighted by molar-refractivity contribution is 7.80. The van der Waals surface area contributed by atoms with Crippen LogP contribution in [0.5, 0.6) is 11.5 Å². The normalized spacial score (nSPS) is 10.2. The van der Waals surface area contributed by atoms with Crippen molar-refractivity contribution in [1.29, 1.82) is 0 Å². The number of aliphatic hydroxyl groups is 1. The van der Waals surface area contributed by atoms with Crippen LogP contribution in [0.2, 0.25) is 0 Å². The van der Waals surface area contributed by atoms with Gasteiger partial charge in [0, 0.05) is 12.8 Å². The van der Waals surface area contributed by atoms with Crippen molar-refractivity contribution in [2.75, 3.05) is 6.61 Å². The van der Waals surface area contributed by atoms with Gasteiger partial charge in [0.1, 0.15) is 16.4 Å². The summed E-state index contributed by atoms with van der Waals surface area (Å²) in [4.78, 5) is 4.30. The molecule has 0 bridgehead atoms. The fraction of sp³-hybridized carbons (Fsp3) is 0.143. The van der Waals surface area contributed by atoms with Crippen molar-refractivity contribution in [3.63, 3.8) is 0 Å². The summed E-state index contributed by atoms with van der Waals surface area (Å²) < 4.78 is 5.81. The lowest BCUT2D eigenvalue weighted by Gasteiger charge is -2.12. The largest absolute Gasteiger partial charge is 0.455 e. The first-order valence-corrected chi connectivity index (χ1v) is 6.24. The maximum Gasteiger partial charge on any atom is 0.156 e. The molecule has 0 atom stereocenters. The number of aromatic nitrogens is 1. The Balaban J connectivity index is 2.34. The Morgan fingerprint density at radius 1 is 1.21 bits per heavy atom. The van der Waals surface area contributed by atoms with Gasteiger partial charge in [0.25, 0.3) is 0 Å². The summed E-state index contributed by atoms with van der Waals surface area (Å²) in [6.07, 6.45) is 2.14. The molecule has 4 nitrogen and oxygen atoms in total. The van der Waals surface area contributed by atoms with Crippen LogP contribution in [0.1, 0.15) is 11.3 Å². The Hall–Kier alpha value is -1.98. The van der Waals surface area contributed by atoms with Crippen LogP contribution in [-0.2, 0) is 6.42 Å². The number of rotatable bonds is 5. The zero-order valence-corrected chi connectivity index (χ0v) is 11.1. The molecule has 19 heavy (non-hydrogen) atoms. The van der Waals surface area contributed by atoms with Crippen molar-refractivity contribution < 1.29 is 9.84 Å². The molecule has 3 N–H and O–H groups in total. The van der Waals surface area contributed by atoms with Crippen molar-refractivity contribution >= 4 is 17.2 Å². The van der Waals surface area contributed by atoms with E-state index in [4.69, 9.17) is 27.8 Å². The molecule has 5 heteroatoms. The van der Waals surface area contributed by atoms with Gasteiger partial charge in [-0.15, -0.1) is 0 Å². The number of hydrogen-bond donors (Lipinski definition) is 2. The molecule has 0 aliphatic carbocycles. The third kappa shape index (κ3) is 3.27. The van der Waals surface area contributed by atoms with Gasteiger partial charge in [-0.2, -0.15) is 0 Å². The van der Waals surface area contributed by atoms with Gasteiger partial charge in [-0.05, 0) is 30.2 Å². The number of aliphatic hydroxyl groups excluding tert-OH is 1.